The Bertz CT molecular complexity index is 487. The molecule has 0 radical (unpaired) electrons. The van der Waals surface area contributed by atoms with Crippen molar-refractivity contribution in [1.82, 2.24) is 0 Å². The number of ether oxygens (including phenoxy) is 3. The van der Waals surface area contributed by atoms with Gasteiger partial charge in [-0.15, -0.1) is 0 Å². The van der Waals surface area contributed by atoms with E-state index < -0.39 is 11.8 Å². The van der Waals surface area contributed by atoms with Crippen molar-refractivity contribution < 1.29 is 19.0 Å². The molecule has 0 saturated heterocycles. The van der Waals surface area contributed by atoms with Crippen LogP contribution in [0.5, 0.6) is 11.5 Å². The maximum atomic E-state index is 11.7. The lowest BCUT2D eigenvalue weighted by Gasteiger charge is -2.35. The number of carbonyl (C=O) groups excluding carboxylic acids is 1. The van der Waals surface area contributed by atoms with E-state index in [0.29, 0.717) is 17.1 Å². The molecule has 0 unspecified atom stereocenters. The van der Waals surface area contributed by atoms with Crippen LogP contribution in [0.2, 0.25) is 0 Å². The van der Waals surface area contributed by atoms with Crippen LogP contribution in [0, 0.1) is 5.41 Å². The molecule has 1 heterocycles. The van der Waals surface area contributed by atoms with Gasteiger partial charge in [0.15, 0.2) is 11.5 Å². The van der Waals surface area contributed by atoms with Gasteiger partial charge in [-0.2, -0.15) is 0 Å². The van der Waals surface area contributed by atoms with Gasteiger partial charge < -0.3 is 14.2 Å². The highest BCUT2D eigenvalue weighted by Crippen LogP contribution is 2.48. The molecule has 1 aliphatic heterocycles. The average Bonchev–Trinajstić information content (AvgIpc) is 2.64. The number of fused-ring (bicyclic) bond motifs is 1. The van der Waals surface area contributed by atoms with Crippen molar-refractivity contribution in [2.75, 3.05) is 7.11 Å². The second-order valence-electron chi connectivity index (χ2n) is 5.52. The van der Waals surface area contributed by atoms with Gasteiger partial charge in [0.2, 0.25) is 0 Å². The Labute approximate surface area is 107 Å². The molecular formula is C14H18O4. The summed E-state index contributed by atoms with van der Waals surface area (Å²) in [6.07, 6.45) is 0. The summed E-state index contributed by atoms with van der Waals surface area (Å²) in [5, 5.41) is 0. The van der Waals surface area contributed by atoms with Crippen molar-refractivity contribution in [2.45, 2.75) is 33.5 Å². The SMILES string of the molecule is COC(=O)c1cccc2c1O[C@@](C)(C(C)(C)C)O2. The van der Waals surface area contributed by atoms with Gasteiger partial charge in [0, 0.05) is 12.3 Å². The van der Waals surface area contributed by atoms with E-state index in [1.54, 1.807) is 18.2 Å². The fraction of sp³-hybridized carbons (Fsp3) is 0.500. The number of rotatable bonds is 1. The van der Waals surface area contributed by atoms with E-state index in [-0.39, 0.29) is 5.41 Å². The van der Waals surface area contributed by atoms with E-state index in [1.807, 2.05) is 27.7 Å². The third-order valence-electron chi connectivity index (χ3n) is 3.35. The van der Waals surface area contributed by atoms with Crippen molar-refractivity contribution in [3.63, 3.8) is 0 Å². The van der Waals surface area contributed by atoms with Crippen LogP contribution >= 0.6 is 0 Å². The van der Waals surface area contributed by atoms with Crippen molar-refractivity contribution in [3.8, 4) is 11.5 Å². The molecule has 0 aromatic heterocycles. The first-order chi connectivity index (χ1) is 8.28. The van der Waals surface area contributed by atoms with Crippen LogP contribution < -0.4 is 9.47 Å². The smallest absolute Gasteiger partial charge is 0.341 e. The van der Waals surface area contributed by atoms with E-state index in [4.69, 9.17) is 14.2 Å². The Morgan fingerprint density at radius 1 is 1.28 bits per heavy atom. The first kappa shape index (κ1) is 12.7. The van der Waals surface area contributed by atoms with Gasteiger partial charge in [0.1, 0.15) is 5.56 Å². The molecule has 0 N–H and O–H groups in total. The highest BCUT2D eigenvalue weighted by Gasteiger charge is 2.48. The van der Waals surface area contributed by atoms with Crippen molar-refractivity contribution in [3.05, 3.63) is 23.8 Å². The fourth-order valence-electron chi connectivity index (χ4n) is 1.70. The van der Waals surface area contributed by atoms with E-state index in [2.05, 4.69) is 0 Å². The number of methoxy groups -OCH3 is 1. The van der Waals surface area contributed by atoms with E-state index in [0.717, 1.165) is 0 Å². The van der Waals surface area contributed by atoms with Crippen LogP contribution in [0.25, 0.3) is 0 Å². The molecule has 0 bridgehead atoms. The van der Waals surface area contributed by atoms with Gasteiger partial charge in [-0.05, 0) is 12.1 Å². The Morgan fingerprint density at radius 2 is 1.94 bits per heavy atom. The molecule has 0 spiro atoms. The Kier molecular flexibility index (Phi) is 2.76. The van der Waals surface area contributed by atoms with Gasteiger partial charge in [0.05, 0.1) is 7.11 Å². The molecule has 1 aliphatic rings. The minimum absolute atomic E-state index is 0.223. The molecule has 0 amide bonds. The maximum Gasteiger partial charge on any atom is 0.341 e. The van der Waals surface area contributed by atoms with Crippen LogP contribution in [0.1, 0.15) is 38.1 Å². The number of carbonyl (C=O) groups is 1. The zero-order valence-corrected chi connectivity index (χ0v) is 11.4. The first-order valence-corrected chi connectivity index (χ1v) is 5.88. The maximum absolute atomic E-state index is 11.7. The summed E-state index contributed by atoms with van der Waals surface area (Å²) in [5.41, 5.74) is 0.169. The van der Waals surface area contributed by atoms with Gasteiger partial charge in [-0.3, -0.25) is 0 Å². The Morgan fingerprint density at radius 3 is 2.50 bits per heavy atom. The van der Waals surface area contributed by atoms with Crippen molar-refractivity contribution in [2.24, 2.45) is 5.41 Å². The number of esters is 1. The molecule has 1 atom stereocenters. The predicted octanol–water partition coefficient (Wildman–Crippen LogP) is 3.01. The highest BCUT2D eigenvalue weighted by molar-refractivity contribution is 5.93. The largest absolute Gasteiger partial charge is 0.465 e. The molecule has 98 valence electrons. The molecule has 4 nitrogen and oxygen atoms in total. The minimum Gasteiger partial charge on any atom is -0.465 e. The monoisotopic (exact) mass is 250 g/mol. The zero-order valence-electron chi connectivity index (χ0n) is 11.4. The third-order valence-corrected chi connectivity index (χ3v) is 3.35. The molecule has 0 fully saturated rings. The van der Waals surface area contributed by atoms with Crippen LogP contribution in [-0.2, 0) is 4.74 Å². The van der Waals surface area contributed by atoms with Crippen molar-refractivity contribution >= 4 is 5.97 Å². The van der Waals surface area contributed by atoms with Gasteiger partial charge in [0.25, 0.3) is 5.79 Å². The second kappa shape index (κ2) is 3.90. The molecular weight excluding hydrogens is 232 g/mol. The molecule has 4 heteroatoms. The van der Waals surface area contributed by atoms with Crippen molar-refractivity contribution in [1.29, 1.82) is 0 Å². The van der Waals surface area contributed by atoms with Crippen LogP contribution in [0.3, 0.4) is 0 Å². The average molecular weight is 250 g/mol. The summed E-state index contributed by atoms with van der Waals surface area (Å²) in [7, 11) is 1.35. The minimum atomic E-state index is -0.792. The first-order valence-electron chi connectivity index (χ1n) is 5.88. The highest BCUT2D eigenvalue weighted by atomic mass is 16.7. The summed E-state index contributed by atoms with van der Waals surface area (Å²) in [6, 6.07) is 5.21. The second-order valence-corrected chi connectivity index (χ2v) is 5.52. The van der Waals surface area contributed by atoms with Crippen LogP contribution in [-0.4, -0.2) is 18.9 Å². The molecule has 0 saturated carbocycles. The molecule has 2 rings (SSSR count). The lowest BCUT2D eigenvalue weighted by atomic mass is 9.87. The summed E-state index contributed by atoms with van der Waals surface area (Å²) < 4.78 is 16.5. The third kappa shape index (κ3) is 1.82. The summed E-state index contributed by atoms with van der Waals surface area (Å²) >= 11 is 0. The van der Waals surface area contributed by atoms with E-state index in [1.165, 1.54) is 7.11 Å². The number of hydrogen-bond acceptors (Lipinski definition) is 4. The van der Waals surface area contributed by atoms with Gasteiger partial charge in [-0.25, -0.2) is 4.79 Å². The number of para-hydroxylation sites is 1. The zero-order chi connectivity index (χ0) is 13.6. The molecule has 1 aromatic rings. The van der Waals surface area contributed by atoms with Crippen LogP contribution in [0.4, 0.5) is 0 Å². The predicted molar refractivity (Wildman–Crippen MR) is 66.9 cm³/mol. The standard InChI is InChI=1S/C14H18O4/c1-13(2,3)14(4)17-10-8-6-7-9(11(10)18-14)12(15)16-5/h6-8H,1-5H3/t14-/m0/s1. The lowest BCUT2D eigenvalue weighted by molar-refractivity contribution is -0.142. The summed E-state index contributed by atoms with van der Waals surface area (Å²) in [4.78, 5) is 11.7. The van der Waals surface area contributed by atoms with Gasteiger partial charge in [-0.1, -0.05) is 26.8 Å². The Balaban J connectivity index is 2.44. The van der Waals surface area contributed by atoms with Gasteiger partial charge >= 0.3 is 5.97 Å². The normalized spacial score (nSPS) is 21.8. The van der Waals surface area contributed by atoms with Crippen LogP contribution in [0.15, 0.2) is 18.2 Å². The summed E-state index contributed by atoms with van der Waals surface area (Å²) in [6.45, 7) is 7.94. The quantitative estimate of drug-likeness (QED) is 0.719. The topological polar surface area (TPSA) is 44.8 Å². The number of benzene rings is 1. The van der Waals surface area contributed by atoms with E-state index >= 15 is 0 Å². The molecule has 18 heavy (non-hydrogen) atoms. The molecule has 0 aliphatic carbocycles. The molecule has 1 aromatic carbocycles. The summed E-state index contributed by atoms with van der Waals surface area (Å²) in [5.74, 6) is -0.176. The van der Waals surface area contributed by atoms with E-state index in [9.17, 15) is 4.79 Å². The lowest BCUT2D eigenvalue weighted by Crippen LogP contribution is -2.47. The number of hydrogen-bond donors (Lipinski definition) is 0. The Hall–Kier alpha value is -1.71. The fourth-order valence-corrected chi connectivity index (χ4v) is 1.70.